The van der Waals surface area contributed by atoms with E-state index in [-0.39, 0.29) is 0 Å². The van der Waals surface area contributed by atoms with Crippen LogP contribution in [-0.4, -0.2) is 0 Å². The molecule has 0 saturated heterocycles. The topological polar surface area (TPSA) is 0 Å². The fourth-order valence-corrected chi connectivity index (χ4v) is 3.17. The van der Waals surface area contributed by atoms with Gasteiger partial charge in [-0.1, -0.05) is 39.2 Å². The first kappa shape index (κ1) is 10.6. The second-order valence-corrected chi connectivity index (χ2v) is 5.30. The van der Waals surface area contributed by atoms with E-state index in [1.165, 1.54) is 48.5 Å². The minimum atomic E-state index is 0.521. The Morgan fingerprint density at radius 3 is 2.33 bits per heavy atom. The van der Waals surface area contributed by atoms with Gasteiger partial charge in [-0.15, -0.1) is 0 Å². The Kier molecular flexibility index (Phi) is 4.08. The highest BCUT2D eigenvalue weighted by Gasteiger charge is 2.32. The lowest BCUT2D eigenvalue weighted by molar-refractivity contribution is 0.235. The summed E-state index contributed by atoms with van der Waals surface area (Å²) in [6.45, 7) is 6.44. The molecule has 0 radical (unpaired) electrons. The lowest BCUT2D eigenvalue weighted by atomic mass is 9.71. The van der Waals surface area contributed by atoms with E-state index in [2.05, 4.69) is 36.1 Å². The van der Waals surface area contributed by atoms with Gasteiger partial charge in [-0.2, -0.15) is 0 Å². The number of allylic oxidation sites excluding steroid dienone is 1. The normalized spacial score (nSPS) is 22.2. The van der Waals surface area contributed by atoms with Crippen LogP contribution in [0.3, 0.4) is 0 Å². The van der Waals surface area contributed by atoms with Crippen molar-refractivity contribution >= 4 is 22.6 Å². The molecule has 1 saturated carbocycles. The monoisotopic (exact) mass is 278 g/mol. The van der Waals surface area contributed by atoms with Crippen molar-refractivity contribution in [2.24, 2.45) is 5.41 Å². The summed E-state index contributed by atoms with van der Waals surface area (Å²) >= 11 is 2.44. The lowest BCUT2D eigenvalue weighted by Gasteiger charge is -2.37. The molecule has 0 amide bonds. The van der Waals surface area contributed by atoms with Gasteiger partial charge in [-0.3, -0.25) is 0 Å². The second kappa shape index (κ2) is 4.64. The summed E-state index contributed by atoms with van der Waals surface area (Å²) in [5, 5.41) is 0. The summed E-state index contributed by atoms with van der Waals surface area (Å²) in [5.41, 5.74) is 0.521. The molecule has 0 atom stereocenters. The standard InChI is InChI=1S/C11H19I/c1-3-7-11(10(2)12)8-5-4-6-9-11/h2-9H2,1H3. The SMILES string of the molecule is C=C(I)C1(CCC)CCCCC1. The zero-order valence-corrected chi connectivity index (χ0v) is 10.2. The van der Waals surface area contributed by atoms with Gasteiger partial charge in [-0.05, 0) is 45.4 Å². The van der Waals surface area contributed by atoms with E-state index in [4.69, 9.17) is 0 Å². The molecule has 0 heterocycles. The van der Waals surface area contributed by atoms with E-state index in [1.807, 2.05) is 0 Å². The Labute approximate surface area is 90.0 Å². The van der Waals surface area contributed by atoms with Gasteiger partial charge in [0.15, 0.2) is 0 Å². The van der Waals surface area contributed by atoms with Crippen LogP contribution in [0.25, 0.3) is 0 Å². The number of rotatable bonds is 3. The third-order valence-electron chi connectivity index (χ3n) is 3.11. The maximum Gasteiger partial charge on any atom is 0.000495 e. The molecular weight excluding hydrogens is 259 g/mol. The largest absolute Gasteiger partial charge is 0.0892 e. The molecule has 1 fully saturated rings. The number of hydrogen-bond donors (Lipinski definition) is 0. The molecule has 0 N–H and O–H groups in total. The van der Waals surface area contributed by atoms with E-state index in [1.54, 1.807) is 0 Å². The van der Waals surface area contributed by atoms with Crippen LogP contribution in [-0.2, 0) is 0 Å². The Hall–Kier alpha value is 0.470. The van der Waals surface area contributed by atoms with Crippen molar-refractivity contribution in [3.63, 3.8) is 0 Å². The Bertz CT molecular complexity index is 149. The van der Waals surface area contributed by atoms with Crippen molar-refractivity contribution in [3.05, 3.63) is 10.2 Å². The predicted octanol–water partition coefficient (Wildman–Crippen LogP) is 4.69. The molecule has 1 aliphatic rings. The van der Waals surface area contributed by atoms with Crippen LogP contribution in [0, 0.1) is 5.41 Å². The highest BCUT2D eigenvalue weighted by Crippen LogP contribution is 2.47. The molecule has 0 spiro atoms. The predicted molar refractivity (Wildman–Crippen MR) is 63.6 cm³/mol. The molecule has 0 unspecified atom stereocenters. The van der Waals surface area contributed by atoms with Crippen LogP contribution in [0.5, 0.6) is 0 Å². The molecule has 0 aromatic rings. The third kappa shape index (κ3) is 2.24. The van der Waals surface area contributed by atoms with Crippen LogP contribution in [0.4, 0.5) is 0 Å². The zero-order chi connectivity index (χ0) is 9.03. The molecule has 0 bridgehead atoms. The Morgan fingerprint density at radius 1 is 1.33 bits per heavy atom. The van der Waals surface area contributed by atoms with Gasteiger partial charge < -0.3 is 0 Å². The van der Waals surface area contributed by atoms with E-state index in [0.717, 1.165) is 0 Å². The molecule has 0 aromatic carbocycles. The van der Waals surface area contributed by atoms with Crippen molar-refractivity contribution < 1.29 is 0 Å². The summed E-state index contributed by atoms with van der Waals surface area (Å²) in [6.07, 6.45) is 9.72. The molecule has 1 aliphatic carbocycles. The minimum absolute atomic E-state index is 0.521. The highest BCUT2D eigenvalue weighted by molar-refractivity contribution is 14.1. The number of hydrogen-bond acceptors (Lipinski definition) is 0. The molecule has 0 aliphatic heterocycles. The lowest BCUT2D eigenvalue weighted by Crippen LogP contribution is -2.23. The summed E-state index contributed by atoms with van der Waals surface area (Å²) in [6, 6.07) is 0. The first-order chi connectivity index (χ1) is 5.71. The highest BCUT2D eigenvalue weighted by atomic mass is 127. The van der Waals surface area contributed by atoms with Crippen LogP contribution >= 0.6 is 22.6 Å². The van der Waals surface area contributed by atoms with Crippen molar-refractivity contribution in [1.29, 1.82) is 0 Å². The van der Waals surface area contributed by atoms with Gasteiger partial charge >= 0.3 is 0 Å². The Balaban J connectivity index is 2.63. The zero-order valence-electron chi connectivity index (χ0n) is 8.03. The maximum atomic E-state index is 4.16. The van der Waals surface area contributed by atoms with Gasteiger partial charge in [0.25, 0.3) is 0 Å². The quantitative estimate of drug-likeness (QED) is 0.657. The summed E-state index contributed by atoms with van der Waals surface area (Å²) in [7, 11) is 0. The summed E-state index contributed by atoms with van der Waals surface area (Å²) in [5.74, 6) is 0. The van der Waals surface area contributed by atoms with Crippen molar-refractivity contribution in [1.82, 2.24) is 0 Å². The molecule has 1 heteroatoms. The van der Waals surface area contributed by atoms with Gasteiger partial charge in [0.1, 0.15) is 0 Å². The van der Waals surface area contributed by atoms with Crippen LogP contribution in [0.15, 0.2) is 10.2 Å². The smallest absolute Gasteiger partial charge is 0.000495 e. The minimum Gasteiger partial charge on any atom is -0.0892 e. The average Bonchev–Trinajstić information content (AvgIpc) is 2.06. The van der Waals surface area contributed by atoms with Crippen LogP contribution in [0.1, 0.15) is 51.9 Å². The fraction of sp³-hybridized carbons (Fsp3) is 0.818. The van der Waals surface area contributed by atoms with Crippen LogP contribution < -0.4 is 0 Å². The number of halogens is 1. The van der Waals surface area contributed by atoms with Gasteiger partial charge in [-0.25, -0.2) is 0 Å². The van der Waals surface area contributed by atoms with Gasteiger partial charge in [0, 0.05) is 5.41 Å². The Morgan fingerprint density at radius 2 is 1.92 bits per heavy atom. The van der Waals surface area contributed by atoms with Crippen LogP contribution in [0.2, 0.25) is 0 Å². The van der Waals surface area contributed by atoms with E-state index in [0.29, 0.717) is 5.41 Å². The molecule has 12 heavy (non-hydrogen) atoms. The molecule has 1 rings (SSSR count). The third-order valence-corrected chi connectivity index (χ3v) is 4.26. The molecule has 0 aromatic heterocycles. The molecule has 70 valence electrons. The summed E-state index contributed by atoms with van der Waals surface area (Å²) in [4.78, 5) is 0. The molecule has 0 nitrogen and oxygen atoms in total. The van der Waals surface area contributed by atoms with Crippen molar-refractivity contribution in [3.8, 4) is 0 Å². The van der Waals surface area contributed by atoms with Gasteiger partial charge in [0.2, 0.25) is 0 Å². The summed E-state index contributed by atoms with van der Waals surface area (Å²) < 4.78 is 1.40. The average molecular weight is 278 g/mol. The van der Waals surface area contributed by atoms with E-state index >= 15 is 0 Å². The second-order valence-electron chi connectivity index (χ2n) is 4.00. The van der Waals surface area contributed by atoms with Gasteiger partial charge in [0.05, 0.1) is 0 Å². The molecular formula is C11H19I. The first-order valence-corrected chi connectivity index (χ1v) is 6.14. The fourth-order valence-electron chi connectivity index (χ4n) is 2.36. The first-order valence-electron chi connectivity index (χ1n) is 5.06. The van der Waals surface area contributed by atoms with Crippen molar-refractivity contribution in [2.45, 2.75) is 51.9 Å². The van der Waals surface area contributed by atoms with Crippen molar-refractivity contribution in [2.75, 3.05) is 0 Å². The van der Waals surface area contributed by atoms with E-state index < -0.39 is 0 Å². The van der Waals surface area contributed by atoms with E-state index in [9.17, 15) is 0 Å². The maximum absolute atomic E-state index is 4.16.